The Morgan fingerprint density at radius 3 is 2.21 bits per heavy atom. The Morgan fingerprint density at radius 2 is 1.64 bits per heavy atom. The van der Waals surface area contributed by atoms with Crippen LogP contribution in [0.2, 0.25) is 0 Å². The molecule has 1 aliphatic rings. The molecule has 1 aliphatic heterocycles. The number of rotatable bonds is 6. The van der Waals surface area contributed by atoms with Gasteiger partial charge in [-0.15, -0.1) is 0 Å². The molecule has 0 spiro atoms. The molecule has 0 unspecified atom stereocenters. The first-order valence-electron chi connectivity index (χ1n) is 11.2. The summed E-state index contributed by atoms with van der Waals surface area (Å²) in [5, 5.41) is 2.85. The minimum absolute atomic E-state index is 0.0855. The number of nitrogens with zero attached hydrogens (tertiary/aromatic N) is 2. The maximum atomic E-state index is 13.3. The van der Waals surface area contributed by atoms with Crippen molar-refractivity contribution in [2.75, 3.05) is 27.2 Å². The predicted molar refractivity (Wildman–Crippen MR) is 129 cm³/mol. The summed E-state index contributed by atoms with van der Waals surface area (Å²) in [4.78, 5) is 26.6. The molecule has 2 aromatic carbocycles. The Balaban J connectivity index is 1.76. The summed E-state index contributed by atoms with van der Waals surface area (Å²) in [5.74, 6) is 0.0966. The third-order valence-corrected chi connectivity index (χ3v) is 8.33. The number of nitrogens with one attached hydrogen (secondary N) is 1. The average Bonchev–Trinajstić information content (AvgIpc) is 2.79. The number of piperidine rings is 1. The van der Waals surface area contributed by atoms with Crippen LogP contribution in [0.1, 0.15) is 57.2 Å². The molecule has 0 atom stereocenters. The molecule has 0 bridgehead atoms. The lowest BCUT2D eigenvalue weighted by atomic mass is 10.0. The van der Waals surface area contributed by atoms with E-state index in [1.807, 2.05) is 6.92 Å². The van der Waals surface area contributed by atoms with E-state index >= 15 is 0 Å². The van der Waals surface area contributed by atoms with E-state index in [4.69, 9.17) is 0 Å². The number of hydrogen-bond acceptors (Lipinski definition) is 4. The molecule has 1 heterocycles. The van der Waals surface area contributed by atoms with Gasteiger partial charge < -0.3 is 10.2 Å². The third kappa shape index (κ3) is 5.62. The smallest absolute Gasteiger partial charge is 0.253 e. The SMILES string of the molecule is Cc1cc(C(=O)NCc2ccc(C(=O)N(C)C)cc2)cc(S(=O)(=O)N2CCC(C)CC2)c1C. The molecule has 1 fully saturated rings. The molecule has 2 amide bonds. The average molecular weight is 472 g/mol. The molecule has 0 aliphatic carbocycles. The Hall–Kier alpha value is -2.71. The minimum Gasteiger partial charge on any atom is -0.348 e. The van der Waals surface area contributed by atoms with E-state index in [1.165, 1.54) is 15.3 Å². The molecule has 1 N–H and O–H groups in total. The van der Waals surface area contributed by atoms with Crippen LogP contribution in [0.15, 0.2) is 41.3 Å². The third-order valence-electron chi connectivity index (χ3n) is 6.30. The number of hydrogen-bond donors (Lipinski definition) is 1. The van der Waals surface area contributed by atoms with Gasteiger partial charge >= 0.3 is 0 Å². The second-order valence-corrected chi connectivity index (χ2v) is 11.0. The molecular formula is C25H33N3O4S. The molecule has 1 saturated heterocycles. The highest BCUT2D eigenvalue weighted by molar-refractivity contribution is 7.89. The molecule has 33 heavy (non-hydrogen) atoms. The van der Waals surface area contributed by atoms with Crippen LogP contribution in [0.5, 0.6) is 0 Å². The molecule has 7 nitrogen and oxygen atoms in total. The van der Waals surface area contributed by atoms with Crippen molar-refractivity contribution in [2.24, 2.45) is 5.92 Å². The van der Waals surface area contributed by atoms with Gasteiger partial charge in [0.05, 0.1) is 4.90 Å². The maximum absolute atomic E-state index is 13.3. The molecule has 0 saturated carbocycles. The van der Waals surface area contributed by atoms with Crippen molar-refractivity contribution in [1.82, 2.24) is 14.5 Å². The van der Waals surface area contributed by atoms with Gasteiger partial charge in [0, 0.05) is 44.9 Å². The number of sulfonamides is 1. The fourth-order valence-electron chi connectivity index (χ4n) is 3.90. The lowest BCUT2D eigenvalue weighted by Crippen LogP contribution is -2.38. The highest BCUT2D eigenvalue weighted by atomic mass is 32.2. The van der Waals surface area contributed by atoms with Crippen molar-refractivity contribution in [2.45, 2.75) is 45.1 Å². The standard InChI is InChI=1S/C25H33N3O4S/c1-17-10-12-28(13-11-17)33(31,32)23-15-22(14-18(2)19(23)3)24(29)26-16-20-6-8-21(9-7-20)25(30)27(4)5/h6-9,14-15,17H,10-13,16H2,1-5H3,(H,26,29). The zero-order valence-electron chi connectivity index (χ0n) is 20.0. The maximum Gasteiger partial charge on any atom is 0.253 e. The van der Waals surface area contributed by atoms with Gasteiger partial charge in [0.2, 0.25) is 10.0 Å². The minimum atomic E-state index is -3.66. The molecule has 0 radical (unpaired) electrons. The number of carbonyl (C=O) groups is 2. The second-order valence-electron chi connectivity index (χ2n) is 9.08. The monoisotopic (exact) mass is 471 g/mol. The van der Waals surface area contributed by atoms with Crippen LogP contribution in [0.3, 0.4) is 0 Å². The fourth-order valence-corrected chi connectivity index (χ4v) is 5.69. The van der Waals surface area contributed by atoms with E-state index in [2.05, 4.69) is 12.2 Å². The first kappa shape index (κ1) is 24.9. The predicted octanol–water partition coefficient (Wildman–Crippen LogP) is 3.36. The highest BCUT2D eigenvalue weighted by Gasteiger charge is 2.30. The summed E-state index contributed by atoms with van der Waals surface area (Å²) in [5.41, 5.74) is 3.18. The first-order chi connectivity index (χ1) is 15.5. The molecule has 3 rings (SSSR count). The Kier molecular flexibility index (Phi) is 7.59. The van der Waals surface area contributed by atoms with E-state index in [0.717, 1.165) is 24.0 Å². The molecule has 178 valence electrons. The van der Waals surface area contributed by atoms with E-state index < -0.39 is 10.0 Å². The van der Waals surface area contributed by atoms with Crippen LogP contribution < -0.4 is 5.32 Å². The summed E-state index contributed by atoms with van der Waals surface area (Å²) >= 11 is 0. The van der Waals surface area contributed by atoms with Crippen LogP contribution in [0.25, 0.3) is 0 Å². The van der Waals surface area contributed by atoms with Gasteiger partial charge in [-0.05, 0) is 73.6 Å². The first-order valence-corrected chi connectivity index (χ1v) is 12.6. The second kappa shape index (κ2) is 10.1. The zero-order valence-corrected chi connectivity index (χ0v) is 20.8. The number of aryl methyl sites for hydroxylation is 1. The van der Waals surface area contributed by atoms with Gasteiger partial charge in [-0.25, -0.2) is 8.42 Å². The van der Waals surface area contributed by atoms with Gasteiger partial charge in [0.1, 0.15) is 0 Å². The molecular weight excluding hydrogens is 438 g/mol. The normalized spacial score (nSPS) is 15.3. The van der Waals surface area contributed by atoms with E-state index in [-0.39, 0.29) is 23.3 Å². The van der Waals surface area contributed by atoms with Crippen LogP contribution in [-0.4, -0.2) is 56.6 Å². The Labute approximate surface area is 196 Å². The summed E-state index contributed by atoms with van der Waals surface area (Å²) in [6.45, 7) is 7.03. The van der Waals surface area contributed by atoms with Crippen LogP contribution in [-0.2, 0) is 16.6 Å². The summed E-state index contributed by atoms with van der Waals surface area (Å²) < 4.78 is 28.2. The van der Waals surface area contributed by atoms with Crippen molar-refractivity contribution in [3.05, 3.63) is 64.2 Å². The van der Waals surface area contributed by atoms with Crippen LogP contribution >= 0.6 is 0 Å². The number of benzene rings is 2. The van der Waals surface area contributed by atoms with Crippen molar-refractivity contribution in [1.29, 1.82) is 0 Å². The lowest BCUT2D eigenvalue weighted by molar-refractivity contribution is 0.0827. The molecule has 8 heteroatoms. The Bertz CT molecular complexity index is 1130. The van der Waals surface area contributed by atoms with Gasteiger partial charge in [-0.2, -0.15) is 4.31 Å². The van der Waals surface area contributed by atoms with Gasteiger partial charge in [0.15, 0.2) is 0 Å². The quantitative estimate of drug-likeness (QED) is 0.700. The van der Waals surface area contributed by atoms with E-state index in [0.29, 0.717) is 35.7 Å². The van der Waals surface area contributed by atoms with Gasteiger partial charge in [-0.1, -0.05) is 19.1 Å². The van der Waals surface area contributed by atoms with E-state index in [9.17, 15) is 18.0 Å². The summed E-state index contributed by atoms with van der Waals surface area (Å²) in [6.07, 6.45) is 1.69. The zero-order chi connectivity index (χ0) is 24.3. The Morgan fingerprint density at radius 1 is 1.03 bits per heavy atom. The van der Waals surface area contributed by atoms with Crippen molar-refractivity contribution < 1.29 is 18.0 Å². The van der Waals surface area contributed by atoms with Crippen LogP contribution in [0.4, 0.5) is 0 Å². The largest absolute Gasteiger partial charge is 0.348 e. The van der Waals surface area contributed by atoms with Gasteiger partial charge in [0.25, 0.3) is 11.8 Å². The van der Waals surface area contributed by atoms with Crippen molar-refractivity contribution in [3.8, 4) is 0 Å². The molecule has 0 aromatic heterocycles. The van der Waals surface area contributed by atoms with Crippen LogP contribution in [0, 0.1) is 19.8 Å². The van der Waals surface area contributed by atoms with Crippen molar-refractivity contribution >= 4 is 21.8 Å². The molecule has 2 aromatic rings. The summed E-state index contributed by atoms with van der Waals surface area (Å²) in [7, 11) is -0.275. The topological polar surface area (TPSA) is 86.8 Å². The number of amides is 2. The summed E-state index contributed by atoms with van der Waals surface area (Å²) in [6, 6.07) is 10.3. The van der Waals surface area contributed by atoms with Gasteiger partial charge in [-0.3, -0.25) is 9.59 Å². The van der Waals surface area contributed by atoms with E-state index in [1.54, 1.807) is 51.4 Å². The highest BCUT2D eigenvalue weighted by Crippen LogP contribution is 2.28. The fraction of sp³-hybridized carbons (Fsp3) is 0.440. The lowest BCUT2D eigenvalue weighted by Gasteiger charge is -2.30. The van der Waals surface area contributed by atoms with Crippen molar-refractivity contribution in [3.63, 3.8) is 0 Å². The number of carbonyl (C=O) groups excluding carboxylic acids is 2.